The Morgan fingerprint density at radius 1 is 1.28 bits per heavy atom. The molecule has 1 saturated heterocycles. The average molecular weight is 398 g/mol. The minimum absolute atomic E-state index is 0.277. The van der Waals surface area contributed by atoms with E-state index in [1.165, 1.54) is 12.8 Å². The summed E-state index contributed by atoms with van der Waals surface area (Å²) in [5.41, 5.74) is 4.03. The quantitative estimate of drug-likeness (QED) is 0.778. The fraction of sp³-hybridized carbons (Fsp3) is 0.500. The number of hydrogen-bond donors (Lipinski definition) is 2. The van der Waals surface area contributed by atoms with Gasteiger partial charge in [0.05, 0.1) is 5.92 Å². The molecule has 2 aromatic rings. The van der Waals surface area contributed by atoms with Gasteiger partial charge >= 0.3 is 0 Å². The normalized spacial score (nSPS) is 23.5. The molecule has 6 nitrogen and oxygen atoms in total. The maximum Gasteiger partial charge on any atom is 0.230 e. The van der Waals surface area contributed by atoms with Crippen LogP contribution in [0.1, 0.15) is 37.1 Å². The van der Waals surface area contributed by atoms with E-state index in [9.17, 15) is 9.18 Å². The predicted molar refractivity (Wildman–Crippen MR) is 110 cm³/mol. The van der Waals surface area contributed by atoms with Crippen LogP contribution in [0.4, 0.5) is 10.1 Å². The molecule has 7 heteroatoms. The Morgan fingerprint density at radius 2 is 2.03 bits per heavy atom. The van der Waals surface area contributed by atoms with Crippen molar-refractivity contribution >= 4 is 11.6 Å². The molecule has 1 aliphatic heterocycles. The van der Waals surface area contributed by atoms with Crippen LogP contribution in [0.2, 0.25) is 0 Å². The Morgan fingerprint density at radius 3 is 2.69 bits per heavy atom. The maximum atomic E-state index is 13.2. The van der Waals surface area contributed by atoms with E-state index in [2.05, 4.69) is 20.6 Å². The highest BCUT2D eigenvalue weighted by molar-refractivity contribution is 5.95. The Kier molecular flexibility index (Phi) is 5.76. The van der Waals surface area contributed by atoms with Crippen molar-refractivity contribution in [3.63, 3.8) is 0 Å². The van der Waals surface area contributed by atoms with Crippen LogP contribution >= 0.6 is 0 Å². The number of nitrogens with one attached hydrogen (secondary N) is 2. The first kappa shape index (κ1) is 19.8. The monoisotopic (exact) mass is 398 g/mol. The lowest BCUT2D eigenvalue weighted by Crippen LogP contribution is -2.38. The van der Waals surface area contributed by atoms with Gasteiger partial charge in [-0.2, -0.15) is 0 Å². The molecule has 2 aliphatic rings. The molecule has 2 fully saturated rings. The Hall–Kier alpha value is -2.54. The number of alkyl halides is 1. The van der Waals surface area contributed by atoms with Gasteiger partial charge in [-0.25, -0.2) is 14.4 Å². The summed E-state index contributed by atoms with van der Waals surface area (Å²) in [6.45, 7) is 5.46. The van der Waals surface area contributed by atoms with E-state index in [4.69, 9.17) is 4.74 Å². The molecule has 0 spiro atoms. The first-order valence-electron chi connectivity index (χ1n) is 10.3. The zero-order chi connectivity index (χ0) is 20.4. The molecular weight excluding hydrogens is 371 g/mol. The Bertz CT molecular complexity index is 878. The molecule has 1 aromatic heterocycles. The zero-order valence-corrected chi connectivity index (χ0v) is 16.9. The second-order valence-corrected chi connectivity index (χ2v) is 7.94. The minimum atomic E-state index is -1.02. The first-order chi connectivity index (χ1) is 14.0. The average Bonchev–Trinajstić information content (AvgIpc) is 3.45. The molecule has 1 aliphatic carbocycles. The van der Waals surface area contributed by atoms with Crippen molar-refractivity contribution in [3.8, 4) is 16.9 Å². The van der Waals surface area contributed by atoms with Crippen LogP contribution in [0, 0.1) is 19.8 Å². The number of ether oxygens (including phenoxy) is 1. The van der Waals surface area contributed by atoms with Gasteiger partial charge in [-0.15, -0.1) is 0 Å². The van der Waals surface area contributed by atoms with Gasteiger partial charge in [0.15, 0.2) is 0 Å². The lowest BCUT2D eigenvalue weighted by Gasteiger charge is -2.24. The van der Waals surface area contributed by atoms with Crippen LogP contribution < -0.4 is 15.4 Å². The lowest BCUT2D eigenvalue weighted by molar-refractivity contribution is -0.117. The molecule has 154 valence electrons. The molecule has 2 unspecified atom stereocenters. The first-order valence-corrected chi connectivity index (χ1v) is 10.3. The number of amides is 1. The van der Waals surface area contributed by atoms with E-state index in [0.717, 1.165) is 41.2 Å². The topological polar surface area (TPSA) is 76.1 Å². The number of carbonyl (C=O) groups excluding carboxylic acids is 1. The van der Waals surface area contributed by atoms with E-state index < -0.39 is 12.1 Å². The maximum absolute atomic E-state index is 13.2. The van der Waals surface area contributed by atoms with Gasteiger partial charge in [-0.3, -0.25) is 4.79 Å². The Labute approximate surface area is 170 Å². The molecule has 29 heavy (non-hydrogen) atoms. The van der Waals surface area contributed by atoms with Gasteiger partial charge in [0.25, 0.3) is 0 Å². The fourth-order valence-corrected chi connectivity index (χ4v) is 3.84. The third-order valence-electron chi connectivity index (χ3n) is 5.64. The van der Waals surface area contributed by atoms with Crippen molar-refractivity contribution in [2.45, 2.75) is 51.7 Å². The highest BCUT2D eigenvalue weighted by Crippen LogP contribution is 2.38. The summed E-state index contributed by atoms with van der Waals surface area (Å²) in [6, 6.07) is 5.87. The minimum Gasteiger partial charge on any atom is -0.491 e. The van der Waals surface area contributed by atoms with Crippen LogP contribution in [0.3, 0.4) is 0 Å². The number of anilines is 1. The Balaban J connectivity index is 1.61. The van der Waals surface area contributed by atoms with E-state index in [-0.39, 0.29) is 5.91 Å². The molecular formula is C22H27FN4O2. The van der Waals surface area contributed by atoms with E-state index >= 15 is 0 Å². The number of benzene rings is 1. The van der Waals surface area contributed by atoms with Crippen molar-refractivity contribution in [2.24, 2.45) is 5.92 Å². The van der Waals surface area contributed by atoms with E-state index in [1.807, 2.05) is 26.0 Å². The smallest absolute Gasteiger partial charge is 0.230 e. The number of hydrogen-bond acceptors (Lipinski definition) is 5. The molecule has 2 heterocycles. The molecule has 1 amide bonds. The largest absolute Gasteiger partial charge is 0.491 e. The van der Waals surface area contributed by atoms with Crippen molar-refractivity contribution in [2.75, 3.05) is 18.5 Å². The fourth-order valence-electron chi connectivity index (χ4n) is 3.84. The highest BCUT2D eigenvalue weighted by Gasteiger charge is 2.43. The van der Waals surface area contributed by atoms with Crippen LogP contribution in [0.5, 0.6) is 5.75 Å². The predicted octanol–water partition coefficient (Wildman–Crippen LogP) is 3.58. The standard InChI is InChI=1S/C22H27FN4O2/c1-13-21(14(2)26-12-25-13)18-9-15(27-22(28)17-10-19(17)23)6-7-20(18)29-11-16-5-3-4-8-24-16/h6-7,9,12,16-17,19,24H,3-5,8,10-11H2,1-2H3,(H,27,28)/t16-,17?,19?/m1/s1. The van der Waals surface area contributed by atoms with Gasteiger partial charge in [-0.05, 0) is 57.9 Å². The summed E-state index contributed by atoms with van der Waals surface area (Å²) in [5, 5.41) is 6.32. The zero-order valence-electron chi connectivity index (χ0n) is 16.9. The van der Waals surface area contributed by atoms with Crippen LogP contribution in [0.15, 0.2) is 24.5 Å². The SMILES string of the molecule is Cc1ncnc(C)c1-c1cc(NC(=O)C2CC2F)ccc1OC[C@H]1CCCCN1. The lowest BCUT2D eigenvalue weighted by atomic mass is 10.0. The molecule has 0 bridgehead atoms. The van der Waals surface area contributed by atoms with E-state index in [0.29, 0.717) is 24.8 Å². The number of halogens is 1. The number of nitrogens with zero attached hydrogens (tertiary/aromatic N) is 2. The van der Waals surface area contributed by atoms with Crippen LogP contribution in [-0.4, -0.2) is 41.2 Å². The van der Waals surface area contributed by atoms with Crippen molar-refractivity contribution in [1.29, 1.82) is 0 Å². The van der Waals surface area contributed by atoms with Gasteiger partial charge in [0, 0.05) is 34.2 Å². The number of piperidine rings is 1. The number of aromatic nitrogens is 2. The summed E-state index contributed by atoms with van der Waals surface area (Å²) < 4.78 is 19.4. The number of aryl methyl sites for hydroxylation is 2. The molecule has 4 rings (SSSR count). The summed E-state index contributed by atoms with van der Waals surface area (Å²) in [6.07, 6.45) is 4.34. The van der Waals surface area contributed by atoms with Gasteiger partial charge < -0.3 is 15.4 Å². The highest BCUT2D eigenvalue weighted by atomic mass is 19.1. The van der Waals surface area contributed by atoms with E-state index in [1.54, 1.807) is 12.4 Å². The summed E-state index contributed by atoms with van der Waals surface area (Å²) >= 11 is 0. The molecule has 2 N–H and O–H groups in total. The van der Waals surface area contributed by atoms with Crippen LogP contribution in [-0.2, 0) is 4.79 Å². The van der Waals surface area contributed by atoms with Crippen molar-refractivity contribution in [3.05, 3.63) is 35.9 Å². The number of rotatable bonds is 6. The summed E-state index contributed by atoms with van der Waals surface area (Å²) in [5.74, 6) is -0.0808. The van der Waals surface area contributed by atoms with Gasteiger partial charge in [-0.1, -0.05) is 6.42 Å². The second kappa shape index (κ2) is 8.45. The number of carbonyl (C=O) groups is 1. The van der Waals surface area contributed by atoms with Crippen molar-refractivity contribution in [1.82, 2.24) is 15.3 Å². The molecule has 1 aromatic carbocycles. The third kappa shape index (κ3) is 4.56. The van der Waals surface area contributed by atoms with Crippen molar-refractivity contribution < 1.29 is 13.9 Å². The van der Waals surface area contributed by atoms with Gasteiger partial charge in [0.1, 0.15) is 24.9 Å². The third-order valence-corrected chi connectivity index (χ3v) is 5.64. The summed E-state index contributed by atoms with van der Waals surface area (Å²) in [7, 11) is 0. The molecule has 0 radical (unpaired) electrons. The molecule has 3 atom stereocenters. The molecule has 1 saturated carbocycles. The second-order valence-electron chi connectivity index (χ2n) is 7.94. The van der Waals surface area contributed by atoms with Crippen LogP contribution in [0.25, 0.3) is 11.1 Å². The summed E-state index contributed by atoms with van der Waals surface area (Å²) in [4.78, 5) is 20.8. The van der Waals surface area contributed by atoms with Gasteiger partial charge in [0.2, 0.25) is 5.91 Å².